The van der Waals surface area contributed by atoms with Gasteiger partial charge in [-0.15, -0.1) is 0 Å². The minimum atomic E-state index is 0.692. The third-order valence-corrected chi connectivity index (χ3v) is 20.6. The van der Waals surface area contributed by atoms with E-state index in [4.69, 9.17) is 39.9 Å². The number of hydrogen-bond acceptors (Lipinski definition) is 8. The Balaban J connectivity index is 0.000000151. The average Bonchev–Trinajstić information content (AvgIpc) is 0.755. The molecule has 0 saturated heterocycles. The molecule has 0 aliphatic heterocycles. The summed E-state index contributed by atoms with van der Waals surface area (Å²) in [4.78, 5) is 41.2. The fourth-order valence-corrected chi connectivity index (χ4v) is 14.8. The fourth-order valence-electron chi connectivity index (χ4n) is 14.8. The third kappa shape index (κ3) is 13.9. The molecule has 0 aliphatic carbocycles. The van der Waals surface area contributed by atoms with Crippen molar-refractivity contribution in [2.75, 3.05) is 0 Å². The van der Waals surface area contributed by atoms with Crippen LogP contribution in [0, 0.1) is 0 Å². The van der Waals surface area contributed by atoms with Crippen molar-refractivity contribution in [3.63, 3.8) is 0 Å². The van der Waals surface area contributed by atoms with E-state index in [2.05, 4.69) is 328 Å². The van der Waals surface area contributed by atoms with Crippen LogP contribution in [-0.4, -0.2) is 39.9 Å². The Morgan fingerprint density at radius 2 is 0.366 bits per heavy atom. The van der Waals surface area contributed by atoms with E-state index in [-0.39, 0.29) is 0 Å². The highest BCUT2D eigenvalue weighted by Gasteiger charge is 2.20. The van der Waals surface area contributed by atoms with E-state index in [1.807, 2.05) is 84.9 Å². The highest BCUT2D eigenvalue weighted by atomic mass is 14.9. The van der Waals surface area contributed by atoms with Gasteiger partial charge in [0, 0.05) is 77.2 Å². The molecule has 0 atom stereocenters. The second-order valence-corrected chi connectivity index (χ2v) is 27.7. The molecule has 524 valence electrons. The Hall–Kier alpha value is -15.1. The lowest BCUT2D eigenvalue weighted by Crippen LogP contribution is -1.96. The molecule has 20 rings (SSSR count). The topological polar surface area (TPSA) is 103 Å². The summed E-state index contributed by atoms with van der Waals surface area (Å²) in [6.07, 6.45) is 0. The fraction of sp³-hybridized carbons (Fsp3) is 0. The molecule has 0 fully saturated rings. The van der Waals surface area contributed by atoms with E-state index in [0.717, 1.165) is 189 Å². The predicted octanol–water partition coefficient (Wildman–Crippen LogP) is 26.5. The highest BCUT2D eigenvalue weighted by Crippen LogP contribution is 2.41. The van der Waals surface area contributed by atoms with E-state index in [1.165, 1.54) is 0 Å². The molecule has 0 aliphatic rings. The van der Waals surface area contributed by atoms with Crippen LogP contribution in [0.2, 0.25) is 0 Å². The number of rotatable bonds is 14. The van der Waals surface area contributed by atoms with Crippen LogP contribution in [0.1, 0.15) is 0 Å². The van der Waals surface area contributed by atoms with Gasteiger partial charge in [-0.05, 0) is 93.0 Å². The molecule has 0 amide bonds. The quantitative estimate of drug-likeness (QED) is 0.0992. The summed E-state index contributed by atoms with van der Waals surface area (Å²) in [6, 6.07) is 143. The van der Waals surface area contributed by atoms with Crippen LogP contribution in [0.4, 0.5) is 0 Å². The third-order valence-electron chi connectivity index (χ3n) is 20.6. The minimum Gasteiger partial charge on any atom is -0.245 e. The molecule has 8 nitrogen and oxygen atoms in total. The predicted molar refractivity (Wildman–Crippen MR) is 461 cm³/mol. The molecular formula is C104H68N8. The number of benzene rings is 14. The molecule has 0 bridgehead atoms. The smallest absolute Gasteiger partial charge is 0.160 e. The molecule has 6 heterocycles. The SMILES string of the molecule is c1ccc(-c2cc(-c3ccc(-c4cccc(-c5ccc6ccc7c(-c8ccccc8)cc(-c8ccccc8)nc7c6n5)c4)cc3)nc(-c3ccccc3)n2)cc1.c1ccc(-c2cc(-c3ccccc3)nc(-c3ccc(-c4cccc(-c5ccc6ccc7c(-c8ccccc8)cc(-c8ccccc8)nc7c6n5)c4)cc3)n2)cc1. The van der Waals surface area contributed by atoms with Crippen molar-refractivity contribution in [1.82, 2.24) is 39.9 Å². The normalized spacial score (nSPS) is 11.2. The van der Waals surface area contributed by atoms with Crippen molar-refractivity contribution in [3.05, 3.63) is 413 Å². The lowest BCUT2D eigenvalue weighted by molar-refractivity contribution is 1.18. The van der Waals surface area contributed by atoms with Gasteiger partial charge in [0.1, 0.15) is 0 Å². The zero-order chi connectivity index (χ0) is 74.5. The Morgan fingerprint density at radius 3 is 0.705 bits per heavy atom. The average molecular weight is 1430 g/mol. The van der Waals surface area contributed by atoms with Gasteiger partial charge < -0.3 is 0 Å². The molecule has 6 aromatic heterocycles. The van der Waals surface area contributed by atoms with Crippen molar-refractivity contribution < 1.29 is 0 Å². The maximum absolute atomic E-state index is 5.32. The highest BCUT2D eigenvalue weighted by molar-refractivity contribution is 6.11. The van der Waals surface area contributed by atoms with Crippen LogP contribution in [0.15, 0.2) is 413 Å². The van der Waals surface area contributed by atoms with E-state index >= 15 is 0 Å². The Kier molecular flexibility index (Phi) is 18.2. The molecule has 8 heteroatoms. The summed E-state index contributed by atoms with van der Waals surface area (Å²) in [6.45, 7) is 0. The molecule has 20 aromatic rings. The molecule has 0 saturated carbocycles. The van der Waals surface area contributed by atoms with Crippen LogP contribution in [0.5, 0.6) is 0 Å². The first-order valence-corrected chi connectivity index (χ1v) is 37.6. The second kappa shape index (κ2) is 30.3. The van der Waals surface area contributed by atoms with Crippen LogP contribution in [0.3, 0.4) is 0 Å². The van der Waals surface area contributed by atoms with E-state index in [1.54, 1.807) is 0 Å². The van der Waals surface area contributed by atoms with E-state index < -0.39 is 0 Å². The number of hydrogen-bond donors (Lipinski definition) is 0. The lowest BCUT2D eigenvalue weighted by Gasteiger charge is -2.13. The van der Waals surface area contributed by atoms with Crippen LogP contribution in [-0.2, 0) is 0 Å². The number of nitrogens with zero attached hydrogens (tertiary/aromatic N) is 8. The Bertz CT molecular complexity index is 6270. The summed E-state index contributed by atoms with van der Waals surface area (Å²) >= 11 is 0. The van der Waals surface area contributed by atoms with Gasteiger partial charge >= 0.3 is 0 Å². The van der Waals surface area contributed by atoms with Gasteiger partial charge in [-0.3, -0.25) is 0 Å². The maximum atomic E-state index is 5.32. The molecular weight excluding hydrogens is 1360 g/mol. The molecule has 14 aromatic carbocycles. The lowest BCUT2D eigenvalue weighted by atomic mass is 9.96. The molecule has 0 spiro atoms. The van der Waals surface area contributed by atoms with Crippen molar-refractivity contribution in [3.8, 4) is 157 Å². The van der Waals surface area contributed by atoms with Gasteiger partial charge in [-0.1, -0.05) is 364 Å². The summed E-state index contributed by atoms with van der Waals surface area (Å²) in [7, 11) is 0. The van der Waals surface area contributed by atoms with Crippen LogP contribution in [0.25, 0.3) is 201 Å². The number of pyridine rings is 4. The first kappa shape index (κ1) is 67.5. The second-order valence-electron chi connectivity index (χ2n) is 27.7. The van der Waals surface area contributed by atoms with Gasteiger partial charge in [-0.25, -0.2) is 39.9 Å². The zero-order valence-corrected chi connectivity index (χ0v) is 60.8. The zero-order valence-electron chi connectivity index (χ0n) is 60.8. The van der Waals surface area contributed by atoms with Gasteiger partial charge in [-0.2, -0.15) is 0 Å². The summed E-state index contributed by atoms with van der Waals surface area (Å²) in [5, 5.41) is 4.27. The van der Waals surface area contributed by atoms with Crippen molar-refractivity contribution in [2.24, 2.45) is 0 Å². The molecule has 112 heavy (non-hydrogen) atoms. The summed E-state index contributed by atoms with van der Waals surface area (Å²) < 4.78 is 0. The van der Waals surface area contributed by atoms with Gasteiger partial charge in [0.05, 0.1) is 67.6 Å². The van der Waals surface area contributed by atoms with Gasteiger partial charge in [0.25, 0.3) is 0 Å². The largest absolute Gasteiger partial charge is 0.245 e. The van der Waals surface area contributed by atoms with Gasteiger partial charge in [0.2, 0.25) is 0 Å². The number of fused-ring (bicyclic) bond motifs is 6. The van der Waals surface area contributed by atoms with Crippen LogP contribution < -0.4 is 0 Å². The molecule has 0 N–H and O–H groups in total. The standard InChI is InChI=1S/2C52H34N4/c1-5-14-36(15-6-1)45-33-47(37-16-7-2-8-17-37)54-51-44(45)30-28-40-29-31-46(53-50(40)51)43-23-13-22-42(32-43)35-24-26-39(27-25-35)49-34-48(38-18-9-3-10-19-38)55-52(56-49)41-20-11-4-12-21-41;1-5-14-36(15-6-1)45-33-47(37-16-7-2-8-17-37)54-51-44(45)30-28-40-29-31-46(53-50(40)51)43-23-13-22-42(32-43)35-24-26-41(27-25-35)52-55-48(38-18-9-3-10-19-38)34-49(56-52)39-20-11-4-12-21-39/h2*1-34H. The van der Waals surface area contributed by atoms with E-state index in [0.29, 0.717) is 11.6 Å². The minimum absolute atomic E-state index is 0.692. The van der Waals surface area contributed by atoms with Crippen molar-refractivity contribution in [1.29, 1.82) is 0 Å². The Labute approximate surface area is 649 Å². The first-order chi connectivity index (χ1) is 55.5. The summed E-state index contributed by atoms with van der Waals surface area (Å²) in [5.74, 6) is 1.40. The monoisotopic (exact) mass is 1430 g/mol. The first-order valence-electron chi connectivity index (χ1n) is 37.6. The number of aromatic nitrogens is 8. The van der Waals surface area contributed by atoms with Gasteiger partial charge in [0.15, 0.2) is 11.6 Å². The van der Waals surface area contributed by atoms with Crippen molar-refractivity contribution >= 4 is 43.6 Å². The Morgan fingerprint density at radius 1 is 0.125 bits per heavy atom. The molecule has 0 unspecified atom stereocenters. The maximum Gasteiger partial charge on any atom is 0.160 e. The summed E-state index contributed by atoms with van der Waals surface area (Å²) in [5.41, 5.74) is 30.2. The van der Waals surface area contributed by atoms with Crippen molar-refractivity contribution in [2.45, 2.75) is 0 Å². The molecule has 0 radical (unpaired) electrons. The van der Waals surface area contributed by atoms with E-state index in [9.17, 15) is 0 Å². The van der Waals surface area contributed by atoms with Crippen LogP contribution >= 0.6 is 0 Å².